The Morgan fingerprint density at radius 1 is 0.296 bits per heavy atom. The quantitative estimate of drug-likeness (QED) is 0.0262. The summed E-state index contributed by atoms with van der Waals surface area (Å²) in [6.45, 7) is 6.28. The first-order valence-electron chi connectivity index (χ1n) is 27.6. The number of hydrogen-bond acceptors (Lipinski definition) is 6. The predicted molar refractivity (Wildman–Crippen MR) is 306 cm³/mol. The van der Waals surface area contributed by atoms with E-state index in [9.17, 15) is 14.4 Å². The second-order valence-corrected chi connectivity index (χ2v) is 17.4. The molecule has 6 nitrogen and oxygen atoms in total. The third-order valence-corrected chi connectivity index (χ3v) is 10.7. The lowest BCUT2D eigenvalue weighted by atomic mass is 10.1. The number of esters is 3. The van der Waals surface area contributed by atoms with E-state index in [-0.39, 0.29) is 38.4 Å². The van der Waals surface area contributed by atoms with E-state index in [4.69, 9.17) is 14.2 Å². The summed E-state index contributed by atoms with van der Waals surface area (Å²) in [6, 6.07) is 0. The lowest BCUT2D eigenvalue weighted by Gasteiger charge is -2.18. The van der Waals surface area contributed by atoms with Crippen LogP contribution in [0, 0.1) is 0 Å². The summed E-state index contributed by atoms with van der Waals surface area (Å²) >= 11 is 0. The summed E-state index contributed by atoms with van der Waals surface area (Å²) in [5.41, 5.74) is 0. The van der Waals surface area contributed by atoms with Crippen LogP contribution in [0.1, 0.15) is 201 Å². The van der Waals surface area contributed by atoms with Gasteiger partial charge in [-0.3, -0.25) is 14.4 Å². The van der Waals surface area contributed by atoms with Crippen LogP contribution in [0.2, 0.25) is 0 Å². The molecule has 1 atom stereocenters. The average molecular weight is 975 g/mol. The Morgan fingerprint density at radius 3 is 0.887 bits per heavy atom. The summed E-state index contributed by atoms with van der Waals surface area (Å²) in [5, 5.41) is 0. The van der Waals surface area contributed by atoms with Crippen molar-refractivity contribution in [3.05, 3.63) is 170 Å². The van der Waals surface area contributed by atoms with Crippen LogP contribution >= 0.6 is 0 Å². The van der Waals surface area contributed by atoms with Crippen LogP contribution in [0.25, 0.3) is 0 Å². The molecule has 0 amide bonds. The van der Waals surface area contributed by atoms with Gasteiger partial charge in [-0.15, -0.1) is 0 Å². The molecule has 0 saturated heterocycles. The summed E-state index contributed by atoms with van der Waals surface area (Å²) in [5.74, 6) is -1.18. The molecule has 0 rings (SSSR count). The predicted octanol–water partition coefficient (Wildman–Crippen LogP) is 18.8. The topological polar surface area (TPSA) is 78.9 Å². The number of carbonyl (C=O) groups is 3. The molecule has 0 aliphatic heterocycles. The zero-order valence-corrected chi connectivity index (χ0v) is 44.9. The largest absolute Gasteiger partial charge is 0.462 e. The number of unbranched alkanes of at least 4 members (excludes halogenated alkanes) is 8. The van der Waals surface area contributed by atoms with Crippen molar-refractivity contribution in [1.29, 1.82) is 0 Å². The van der Waals surface area contributed by atoms with Crippen LogP contribution < -0.4 is 0 Å². The molecule has 0 bridgehead atoms. The fraction of sp³-hybridized carbons (Fsp3) is 0.523. The van der Waals surface area contributed by atoms with E-state index >= 15 is 0 Å². The van der Waals surface area contributed by atoms with Crippen molar-refractivity contribution in [1.82, 2.24) is 0 Å². The Bertz CT molecular complexity index is 1690. The molecule has 6 heteroatoms. The lowest BCUT2D eigenvalue weighted by Crippen LogP contribution is -2.30. The molecule has 0 spiro atoms. The minimum atomic E-state index is -0.874. The third kappa shape index (κ3) is 55.6. The molecule has 71 heavy (non-hydrogen) atoms. The average Bonchev–Trinajstić information content (AvgIpc) is 3.37. The van der Waals surface area contributed by atoms with Gasteiger partial charge in [0.05, 0.1) is 0 Å². The number of ether oxygens (including phenoxy) is 3. The SMILES string of the molecule is CC/C=C\C/C=C\C/C=C\C/C=C\C/C=C\C/C=C\CCC(=O)O[C@H](COC(=O)CC/C=C\C/C=C\C/C=C\C/C=C\C/C=C\CCCCC)COC(=O)CCCC/C=C\C/C=C\C/C=C\CCCCC. The second kappa shape index (κ2) is 57.3. The third-order valence-electron chi connectivity index (χ3n) is 10.7. The van der Waals surface area contributed by atoms with Crippen molar-refractivity contribution in [2.45, 2.75) is 207 Å². The Labute approximate surface area is 434 Å². The molecule has 0 aromatic carbocycles. The van der Waals surface area contributed by atoms with Crippen LogP contribution in [0.15, 0.2) is 170 Å². The molecule has 0 aromatic heterocycles. The number of allylic oxidation sites excluding steroid dienone is 28. The maximum atomic E-state index is 12.8. The smallest absolute Gasteiger partial charge is 0.306 e. The second-order valence-electron chi connectivity index (χ2n) is 17.4. The summed E-state index contributed by atoms with van der Waals surface area (Å²) in [7, 11) is 0. The fourth-order valence-electron chi connectivity index (χ4n) is 6.57. The molecule has 0 heterocycles. The van der Waals surface area contributed by atoms with Crippen molar-refractivity contribution >= 4 is 17.9 Å². The van der Waals surface area contributed by atoms with Gasteiger partial charge in [-0.1, -0.05) is 217 Å². The zero-order chi connectivity index (χ0) is 51.4. The maximum absolute atomic E-state index is 12.8. The molecule has 0 fully saturated rings. The Hall–Kier alpha value is -5.23. The van der Waals surface area contributed by atoms with Crippen LogP contribution in [0.4, 0.5) is 0 Å². The zero-order valence-electron chi connectivity index (χ0n) is 44.9. The highest BCUT2D eigenvalue weighted by atomic mass is 16.6. The lowest BCUT2D eigenvalue weighted by molar-refractivity contribution is -0.166. The van der Waals surface area contributed by atoms with E-state index in [1.54, 1.807) is 0 Å². The van der Waals surface area contributed by atoms with Crippen molar-refractivity contribution in [2.75, 3.05) is 13.2 Å². The van der Waals surface area contributed by atoms with Crippen LogP contribution in [-0.2, 0) is 28.6 Å². The van der Waals surface area contributed by atoms with Gasteiger partial charge in [0.25, 0.3) is 0 Å². The van der Waals surface area contributed by atoms with E-state index < -0.39 is 18.0 Å². The van der Waals surface area contributed by atoms with E-state index in [1.807, 2.05) is 24.3 Å². The molecule has 0 aliphatic carbocycles. The molecule has 0 aromatic rings. The van der Waals surface area contributed by atoms with Crippen molar-refractivity contribution in [3.63, 3.8) is 0 Å². The summed E-state index contributed by atoms with van der Waals surface area (Å²) in [6.07, 6.45) is 85.1. The number of hydrogen-bond donors (Lipinski definition) is 0. The highest BCUT2D eigenvalue weighted by molar-refractivity contribution is 5.71. The Balaban J connectivity index is 4.71. The number of carbonyl (C=O) groups excluding carboxylic acids is 3. The van der Waals surface area contributed by atoms with Gasteiger partial charge in [0.2, 0.25) is 0 Å². The summed E-state index contributed by atoms with van der Waals surface area (Å²) in [4.78, 5) is 38.0. The highest BCUT2D eigenvalue weighted by Crippen LogP contribution is 2.09. The van der Waals surface area contributed by atoms with Crippen molar-refractivity contribution in [2.24, 2.45) is 0 Å². The van der Waals surface area contributed by atoms with Crippen LogP contribution in [0.3, 0.4) is 0 Å². The van der Waals surface area contributed by atoms with Crippen LogP contribution in [-0.4, -0.2) is 37.2 Å². The van der Waals surface area contributed by atoms with Crippen LogP contribution in [0.5, 0.6) is 0 Å². The van der Waals surface area contributed by atoms with Crippen molar-refractivity contribution in [3.8, 4) is 0 Å². The molecule has 0 unspecified atom stereocenters. The van der Waals surface area contributed by atoms with E-state index in [2.05, 4.69) is 167 Å². The number of rotatable bonds is 47. The van der Waals surface area contributed by atoms with Gasteiger partial charge in [0.15, 0.2) is 6.10 Å². The molecule has 0 radical (unpaired) electrons. The molecular formula is C65H98O6. The monoisotopic (exact) mass is 975 g/mol. The Kier molecular flexibility index (Phi) is 53.1. The summed E-state index contributed by atoms with van der Waals surface area (Å²) < 4.78 is 16.6. The first kappa shape index (κ1) is 65.8. The standard InChI is InChI=1S/C65H98O6/c1-4-7-10-13-16-19-22-25-28-30-32-34-37-40-43-46-49-52-55-58-64(67)70-61-62(60-69-63(66)57-54-51-48-45-42-39-36-27-24-21-18-15-12-9-6-3)71-65(68)59-56-53-50-47-44-41-38-35-33-31-29-26-23-20-17-14-11-8-5-2/h8,11,16-21,25-29,32-36,40-45,49-50,52-53,62H,4-7,9-10,12-15,22-24,30-31,37-39,46-48,51,54-61H2,1-3H3/b11-8-,19-16-,20-17-,21-18-,28-25-,29-26-,34-32-,35-33-,36-27-,43-40-,44-41-,45-42-,52-49-,53-50-/t62-/m0/s1. The molecule has 394 valence electrons. The molecule has 0 N–H and O–H groups in total. The van der Waals surface area contributed by atoms with Gasteiger partial charge in [0.1, 0.15) is 13.2 Å². The first-order valence-corrected chi connectivity index (χ1v) is 27.6. The van der Waals surface area contributed by atoms with Gasteiger partial charge in [-0.25, -0.2) is 0 Å². The van der Waals surface area contributed by atoms with Gasteiger partial charge in [-0.2, -0.15) is 0 Å². The maximum Gasteiger partial charge on any atom is 0.306 e. The van der Waals surface area contributed by atoms with Gasteiger partial charge >= 0.3 is 17.9 Å². The fourth-order valence-corrected chi connectivity index (χ4v) is 6.57. The Morgan fingerprint density at radius 2 is 0.563 bits per heavy atom. The minimum absolute atomic E-state index is 0.160. The molecule has 0 saturated carbocycles. The molecule has 0 aliphatic rings. The normalized spacial score (nSPS) is 13.5. The van der Waals surface area contributed by atoms with E-state index in [1.165, 1.54) is 51.4 Å². The van der Waals surface area contributed by atoms with Crippen molar-refractivity contribution < 1.29 is 28.6 Å². The highest BCUT2D eigenvalue weighted by Gasteiger charge is 2.19. The minimum Gasteiger partial charge on any atom is -0.462 e. The molecular weight excluding hydrogens is 877 g/mol. The van der Waals surface area contributed by atoms with E-state index in [0.717, 1.165) is 89.9 Å². The first-order chi connectivity index (χ1) is 35.0. The van der Waals surface area contributed by atoms with Gasteiger partial charge < -0.3 is 14.2 Å². The van der Waals surface area contributed by atoms with E-state index in [0.29, 0.717) is 19.3 Å². The van der Waals surface area contributed by atoms with Gasteiger partial charge in [-0.05, 0) is 135 Å². The van der Waals surface area contributed by atoms with Gasteiger partial charge in [0, 0.05) is 19.3 Å².